The Labute approximate surface area is 739 Å². The van der Waals surface area contributed by atoms with Gasteiger partial charge in [0.2, 0.25) is 34.2 Å². The molecule has 0 unspecified atom stereocenters. The predicted octanol–water partition coefficient (Wildman–Crippen LogP) is 20.3. The monoisotopic (exact) mass is 1660 g/mol. The van der Waals surface area contributed by atoms with Gasteiger partial charge in [0.15, 0.2) is 111 Å². The van der Waals surface area contributed by atoms with Gasteiger partial charge in [-0.1, -0.05) is 220 Å². The Morgan fingerprint density at radius 1 is 0.244 bits per heavy atom. The minimum Gasteiger partial charge on any atom is -0.497 e. The van der Waals surface area contributed by atoms with E-state index in [9.17, 15) is 28.8 Å². The average molecular weight is 1660 g/mol. The Hall–Kier alpha value is -15.9. The van der Waals surface area contributed by atoms with E-state index in [1.54, 1.807) is 21.0 Å². The second kappa shape index (κ2) is 36.3. The third-order valence-corrected chi connectivity index (χ3v) is 24.2. The minimum atomic E-state index is 0.0485. The van der Waals surface area contributed by atoms with Gasteiger partial charge < -0.3 is 4.74 Å². The third kappa shape index (κ3) is 17.3. The SMILES string of the molecule is CC(=O)c1ccc2[n+](c1)Cc1ccccc1-2.CC(=O)c1ccc2c(c1)C[n+]1ccccc1-2.CC(C)C(=O)c1ccc2[n+](c1)Cc1ccccc1-2.COc1ccc2c(c1)C[n+]1cc(C(=O)c3ccccc3)ccc1-2.O=C(c1ccccc1)c1ccc2[n+](c1)Cc1ccc(-c3ccccc3-c3ccccc3)cc1-2.O=C(c1ccccc1)c1ccc2c(c1)C[n+]1ccccc1-2. The number of ether oxygens (including phenoxy) is 1. The molecule has 11 aromatic carbocycles. The Kier molecular flexibility index (Phi) is 23.5. The van der Waals surface area contributed by atoms with E-state index >= 15 is 0 Å². The molecule has 0 radical (unpaired) electrons. The molecule has 0 atom stereocenters. The highest BCUT2D eigenvalue weighted by molar-refractivity contribution is 6.10. The molecule has 23 rings (SSSR count). The van der Waals surface area contributed by atoms with Crippen molar-refractivity contribution in [2.24, 2.45) is 5.92 Å². The first-order valence-electron chi connectivity index (χ1n) is 42.9. The number of hydrogen-bond donors (Lipinski definition) is 0. The van der Waals surface area contributed by atoms with E-state index in [0.29, 0.717) is 22.3 Å². The summed E-state index contributed by atoms with van der Waals surface area (Å²) in [7, 11) is 1.67. The number of benzene rings is 11. The van der Waals surface area contributed by atoms with Crippen molar-refractivity contribution >= 4 is 34.7 Å². The first kappa shape index (κ1) is 82.1. The Morgan fingerprint density at radius 2 is 0.575 bits per heavy atom. The van der Waals surface area contributed by atoms with Crippen LogP contribution in [0.1, 0.15) is 140 Å². The van der Waals surface area contributed by atoms with Crippen LogP contribution in [-0.2, 0) is 39.3 Å². The summed E-state index contributed by atoms with van der Waals surface area (Å²) >= 11 is 0. The van der Waals surface area contributed by atoms with Crippen LogP contribution in [0.4, 0.5) is 0 Å². The molecule has 0 fully saturated rings. The lowest BCUT2D eigenvalue weighted by molar-refractivity contribution is -0.672. The maximum atomic E-state index is 12.9. The van der Waals surface area contributed by atoms with Crippen molar-refractivity contribution < 1.29 is 60.9 Å². The van der Waals surface area contributed by atoms with E-state index in [2.05, 4.69) is 191 Å². The van der Waals surface area contributed by atoms with Gasteiger partial charge in [-0.2, -0.15) is 27.4 Å². The largest absolute Gasteiger partial charge is 0.497 e. The normalized spacial score (nSPS) is 11.9. The van der Waals surface area contributed by atoms with Crippen LogP contribution in [0.25, 0.3) is 89.8 Å². The number of nitrogens with zero attached hydrogens (tertiary/aromatic N) is 6. The number of ketones is 6. The number of rotatable bonds is 13. The summed E-state index contributed by atoms with van der Waals surface area (Å²) in [6.07, 6.45) is 12.0. The number of carbonyl (C=O) groups is 6. The molecular weight excluding hydrogens is 1570 g/mol. The van der Waals surface area contributed by atoms with Gasteiger partial charge >= 0.3 is 0 Å². The summed E-state index contributed by atoms with van der Waals surface area (Å²) in [6.45, 7) is 12.1. The fourth-order valence-corrected chi connectivity index (χ4v) is 17.7. The molecule has 0 N–H and O–H groups in total. The number of fused-ring (bicyclic) bond motifs is 18. The van der Waals surface area contributed by atoms with Gasteiger partial charge in [0, 0.05) is 116 Å². The Balaban J connectivity index is 0.000000105. The quantitative estimate of drug-likeness (QED) is 0.0828. The zero-order valence-corrected chi connectivity index (χ0v) is 71.3. The fourth-order valence-electron chi connectivity index (χ4n) is 17.7. The first-order chi connectivity index (χ1) is 62.0. The van der Waals surface area contributed by atoms with E-state index in [0.717, 1.165) is 84.2 Å². The van der Waals surface area contributed by atoms with Gasteiger partial charge in [-0.15, -0.1) is 0 Å². The first-order valence-corrected chi connectivity index (χ1v) is 42.9. The number of aromatic nitrogens is 6. The van der Waals surface area contributed by atoms with Gasteiger partial charge in [0.25, 0.3) is 0 Å². The summed E-state index contributed by atoms with van der Waals surface area (Å²) in [6, 6.07) is 117. The zero-order valence-electron chi connectivity index (χ0n) is 71.3. The second-order valence-corrected chi connectivity index (χ2v) is 32.7. The van der Waals surface area contributed by atoms with Gasteiger partial charge in [0.1, 0.15) is 5.75 Å². The van der Waals surface area contributed by atoms with Crippen molar-refractivity contribution in [1.82, 2.24) is 0 Å². The van der Waals surface area contributed by atoms with Crippen molar-refractivity contribution in [3.63, 3.8) is 0 Å². The summed E-state index contributed by atoms with van der Waals surface area (Å²) < 4.78 is 18.3. The Bertz CT molecular complexity index is 7080. The predicted molar refractivity (Wildman–Crippen MR) is 493 cm³/mol. The van der Waals surface area contributed by atoms with Crippen LogP contribution in [-0.4, -0.2) is 41.8 Å². The molecule has 0 spiro atoms. The molecule has 6 aromatic heterocycles. The van der Waals surface area contributed by atoms with Gasteiger partial charge in [0.05, 0.1) is 62.7 Å². The number of Topliss-reactive ketones (excluding diaryl/α,β-unsaturated/α-hetero) is 3. The second-order valence-electron chi connectivity index (χ2n) is 32.7. The van der Waals surface area contributed by atoms with E-state index in [1.165, 1.54) is 112 Å². The van der Waals surface area contributed by atoms with Crippen molar-refractivity contribution in [2.75, 3.05) is 7.11 Å². The van der Waals surface area contributed by atoms with Crippen molar-refractivity contribution in [3.05, 3.63) is 472 Å². The smallest absolute Gasteiger partial charge is 0.213 e. The number of methoxy groups -OCH3 is 1. The lowest BCUT2D eigenvalue weighted by Crippen LogP contribution is -2.33. The maximum Gasteiger partial charge on any atom is 0.213 e. The van der Waals surface area contributed by atoms with Crippen LogP contribution in [0, 0.1) is 5.92 Å². The van der Waals surface area contributed by atoms with Gasteiger partial charge in [-0.3, -0.25) is 28.8 Å². The van der Waals surface area contributed by atoms with E-state index in [-0.39, 0.29) is 40.6 Å². The number of hydrogen-bond acceptors (Lipinski definition) is 7. The lowest BCUT2D eigenvalue weighted by atomic mass is 9.92. The fraction of sp³-hybridized carbons (Fsp3) is 0.105. The molecule has 13 nitrogen and oxygen atoms in total. The molecule has 0 aliphatic carbocycles. The zero-order chi connectivity index (χ0) is 87.2. The van der Waals surface area contributed by atoms with Crippen molar-refractivity contribution in [1.29, 1.82) is 0 Å². The molecule has 6 aliphatic rings. The molecule has 0 saturated carbocycles. The van der Waals surface area contributed by atoms with E-state index in [1.807, 2.05) is 239 Å². The van der Waals surface area contributed by atoms with Gasteiger partial charge in [-0.05, 0) is 133 Å². The van der Waals surface area contributed by atoms with E-state index < -0.39 is 0 Å². The van der Waals surface area contributed by atoms with Crippen LogP contribution in [0.15, 0.2) is 389 Å². The molecule has 0 saturated heterocycles. The molecule has 6 aliphatic heterocycles. The molecule has 0 amide bonds. The molecule has 13 heteroatoms. The van der Waals surface area contributed by atoms with Crippen LogP contribution in [0.5, 0.6) is 5.75 Å². The molecule has 17 aromatic rings. The molecule has 0 bridgehead atoms. The molecule has 127 heavy (non-hydrogen) atoms. The van der Waals surface area contributed by atoms with Crippen molar-refractivity contribution in [2.45, 2.75) is 67.0 Å². The number of carbonyl (C=O) groups excluding carboxylic acids is 6. The molecule has 12 heterocycles. The standard InChI is InChI=1S/C31H22NO.C20H16NO2.C19H14NO.C16H16NO.2C14H12NO/c33-31(23-11-5-2-6-12-23)26-17-18-30-29-19-24(15-16-25(29)20-32(30)21-26)28-14-8-7-13-27(28)22-9-3-1-4-10-22;1-23-17-8-9-18-16(11-17)13-21-12-15(7-10-19(18)21)20(22)14-5-3-2-4-6-14;21-19(14-6-2-1-3-7-14)15-9-10-17-16(12-15)13-20-11-5-4-8-18(17)20;1-11(2)16(18)13-7-8-15-14-6-4-3-5-12(14)9-17(15)10-13;1-10(16)11-5-6-13-12(8-11)9-15-7-3-2-4-14(13)15;1-10(16)11-6-7-14-13-5-3-2-4-12(13)9-15(14)8-11/h1-19,21H,20H2;2-12H,13H2,1H3;1-12H,13H2;3-8,10-11H,9H2,1-2H3;2*2-8H,9H2,1H3/q6*+1. The summed E-state index contributed by atoms with van der Waals surface area (Å²) in [5, 5.41) is 0. The molecule has 614 valence electrons. The average Bonchev–Trinajstić information content (AvgIpc) is 1.59. The minimum absolute atomic E-state index is 0.0485. The van der Waals surface area contributed by atoms with Gasteiger partial charge in [-0.25, -0.2) is 0 Å². The summed E-state index contributed by atoms with van der Waals surface area (Å²) in [5.41, 5.74) is 33.7. The van der Waals surface area contributed by atoms with Crippen LogP contribution < -0.4 is 32.1 Å². The summed E-state index contributed by atoms with van der Waals surface area (Å²) in [5.74, 6) is 1.55. The molecular formula is C114H92N6O7+6. The highest BCUT2D eigenvalue weighted by Gasteiger charge is 2.34. The van der Waals surface area contributed by atoms with Crippen molar-refractivity contribution in [3.8, 4) is 95.5 Å². The highest BCUT2D eigenvalue weighted by atomic mass is 16.5. The number of pyridine rings is 6. The third-order valence-electron chi connectivity index (χ3n) is 24.2. The summed E-state index contributed by atoms with van der Waals surface area (Å²) in [4.78, 5) is 72.6. The van der Waals surface area contributed by atoms with Crippen LogP contribution in [0.3, 0.4) is 0 Å². The maximum absolute atomic E-state index is 12.9. The topological polar surface area (TPSA) is 135 Å². The lowest BCUT2D eigenvalue weighted by Gasteiger charge is -2.11. The highest BCUT2D eigenvalue weighted by Crippen LogP contribution is 2.39. The van der Waals surface area contributed by atoms with E-state index in [4.69, 9.17) is 4.74 Å². The Morgan fingerprint density at radius 3 is 1.06 bits per heavy atom. The van der Waals surface area contributed by atoms with Crippen LogP contribution in [0.2, 0.25) is 0 Å². The van der Waals surface area contributed by atoms with Crippen LogP contribution >= 0.6 is 0 Å².